The fourth-order valence-electron chi connectivity index (χ4n) is 3.06. The number of hydrogen-bond donors (Lipinski definition) is 4. The molecule has 0 radical (unpaired) electrons. The molecule has 3 atom stereocenters. The third kappa shape index (κ3) is 5.63. The zero-order valence-electron chi connectivity index (χ0n) is 16.0. The lowest BCUT2D eigenvalue weighted by atomic mass is 10.2. The predicted octanol–water partition coefficient (Wildman–Crippen LogP) is 3.52. The van der Waals surface area contributed by atoms with Crippen molar-refractivity contribution in [1.82, 2.24) is 14.9 Å². The van der Waals surface area contributed by atoms with Gasteiger partial charge in [-0.1, -0.05) is 23.8 Å². The maximum Gasteiger partial charge on any atom is 0.417 e. The van der Waals surface area contributed by atoms with Crippen LogP contribution in [0.2, 0.25) is 5.02 Å². The molecular formula is C18H18ClF3N4O3S2. The average molecular weight is 495 g/mol. The van der Waals surface area contributed by atoms with E-state index in [4.69, 9.17) is 40.8 Å². The normalized spacial score (nSPS) is 21.2. The lowest BCUT2D eigenvalue weighted by Crippen LogP contribution is -2.39. The second-order valence-corrected chi connectivity index (χ2v) is 8.16. The molecule has 0 unspecified atom stereocenters. The smallest absolute Gasteiger partial charge is 0.390 e. The SMILES string of the molecule is Cc1cn([C@@H]2C[C@H](O)[C@@H](CNC(=S)Nc3ccc(Cl)c(C(F)(F)F)c3)O2)c(=O)[nH]c1=S. The predicted molar refractivity (Wildman–Crippen MR) is 116 cm³/mol. The number of H-pyrrole nitrogens is 1. The Kier molecular flexibility index (Phi) is 7.06. The molecule has 2 aromatic rings. The average Bonchev–Trinajstić information content (AvgIpc) is 3.04. The molecule has 4 N–H and O–H groups in total. The Morgan fingerprint density at radius 2 is 2.16 bits per heavy atom. The highest BCUT2D eigenvalue weighted by Crippen LogP contribution is 2.36. The third-order valence-corrected chi connectivity index (χ3v) is 5.65. The van der Waals surface area contributed by atoms with Crippen LogP contribution in [0, 0.1) is 11.6 Å². The molecule has 1 fully saturated rings. The first-order chi connectivity index (χ1) is 14.5. The summed E-state index contributed by atoms with van der Waals surface area (Å²) in [4.78, 5) is 14.7. The highest BCUT2D eigenvalue weighted by atomic mass is 35.5. The summed E-state index contributed by atoms with van der Waals surface area (Å²) in [5, 5.41) is 15.3. The molecule has 0 bridgehead atoms. The first-order valence-corrected chi connectivity index (χ1v) is 10.2. The number of aromatic nitrogens is 2. The minimum atomic E-state index is -4.60. The van der Waals surface area contributed by atoms with Crippen LogP contribution in [0.15, 0.2) is 29.2 Å². The number of aromatic amines is 1. The largest absolute Gasteiger partial charge is 0.417 e. The van der Waals surface area contributed by atoms with Gasteiger partial charge in [0.25, 0.3) is 0 Å². The lowest BCUT2D eigenvalue weighted by molar-refractivity contribution is -0.137. The number of aliphatic hydroxyl groups excluding tert-OH is 1. The minimum Gasteiger partial charge on any atom is -0.390 e. The van der Waals surface area contributed by atoms with Gasteiger partial charge in [-0.25, -0.2) is 4.79 Å². The lowest BCUT2D eigenvalue weighted by Gasteiger charge is -2.18. The number of hydrogen-bond acceptors (Lipinski definition) is 5. The Morgan fingerprint density at radius 3 is 2.84 bits per heavy atom. The van der Waals surface area contributed by atoms with Gasteiger partial charge in [-0.05, 0) is 37.3 Å². The van der Waals surface area contributed by atoms with Gasteiger partial charge in [0.15, 0.2) is 5.11 Å². The Hall–Kier alpha value is -1.99. The highest BCUT2D eigenvalue weighted by molar-refractivity contribution is 7.80. The summed E-state index contributed by atoms with van der Waals surface area (Å²) in [6.07, 6.45) is -5.16. The molecule has 7 nitrogen and oxygen atoms in total. The molecule has 13 heteroatoms. The number of nitrogens with zero attached hydrogens (tertiary/aromatic N) is 1. The van der Waals surface area contributed by atoms with Crippen molar-refractivity contribution >= 4 is 46.8 Å². The van der Waals surface area contributed by atoms with Crippen molar-refractivity contribution < 1.29 is 23.0 Å². The fourth-order valence-corrected chi connectivity index (χ4v) is 3.62. The number of rotatable bonds is 4. The second-order valence-electron chi connectivity index (χ2n) is 6.94. The van der Waals surface area contributed by atoms with Gasteiger partial charge in [0, 0.05) is 30.4 Å². The Morgan fingerprint density at radius 1 is 1.45 bits per heavy atom. The van der Waals surface area contributed by atoms with Crippen LogP contribution in [-0.4, -0.2) is 38.5 Å². The van der Waals surface area contributed by atoms with Crippen molar-refractivity contribution in [3.63, 3.8) is 0 Å². The summed E-state index contributed by atoms with van der Waals surface area (Å²) in [6.45, 7) is 1.81. The van der Waals surface area contributed by atoms with Crippen LogP contribution in [0.5, 0.6) is 0 Å². The van der Waals surface area contributed by atoms with Gasteiger partial charge in [-0.2, -0.15) is 13.2 Å². The van der Waals surface area contributed by atoms with E-state index < -0.39 is 40.9 Å². The van der Waals surface area contributed by atoms with Crippen molar-refractivity contribution in [3.8, 4) is 0 Å². The standard InChI is InChI=1S/C18H18ClF3N4O3S2/c1-8-7-26(17(28)25-15(8)30)14-5-12(27)13(29-14)6-23-16(31)24-9-2-3-11(19)10(4-9)18(20,21)22/h2-4,7,12-14,27H,5-6H2,1H3,(H2,23,24,31)(H,25,28,30)/t12-,13+,14-/m0/s1. The van der Waals surface area contributed by atoms with E-state index >= 15 is 0 Å². The first kappa shape index (κ1) is 23.7. The first-order valence-electron chi connectivity index (χ1n) is 9.03. The molecule has 1 saturated heterocycles. The van der Waals surface area contributed by atoms with Crippen molar-refractivity contribution in [2.45, 2.75) is 38.0 Å². The second kappa shape index (κ2) is 9.25. The summed E-state index contributed by atoms with van der Waals surface area (Å²) in [7, 11) is 0. The minimum absolute atomic E-state index is 0.0338. The summed E-state index contributed by atoms with van der Waals surface area (Å²) in [5.41, 5.74) is -0.661. The van der Waals surface area contributed by atoms with E-state index in [2.05, 4.69) is 15.6 Å². The quantitative estimate of drug-likeness (QED) is 0.483. The van der Waals surface area contributed by atoms with Crippen molar-refractivity contribution in [3.05, 3.63) is 55.7 Å². The molecule has 168 valence electrons. The van der Waals surface area contributed by atoms with E-state index in [9.17, 15) is 23.1 Å². The topological polar surface area (TPSA) is 91.3 Å². The van der Waals surface area contributed by atoms with Crippen molar-refractivity contribution in [2.24, 2.45) is 0 Å². The Bertz CT molecular complexity index is 1110. The Labute approximate surface area is 190 Å². The van der Waals surface area contributed by atoms with E-state index in [0.29, 0.717) is 10.2 Å². The Balaban J connectivity index is 1.61. The van der Waals surface area contributed by atoms with Gasteiger partial charge in [0.2, 0.25) is 0 Å². The van der Waals surface area contributed by atoms with Crippen LogP contribution in [0.1, 0.15) is 23.8 Å². The van der Waals surface area contributed by atoms with Gasteiger partial charge in [-0.15, -0.1) is 0 Å². The number of anilines is 1. The highest BCUT2D eigenvalue weighted by Gasteiger charge is 2.36. The molecule has 3 rings (SSSR count). The molecular weight excluding hydrogens is 477 g/mol. The van der Waals surface area contributed by atoms with Crippen LogP contribution in [0.4, 0.5) is 18.9 Å². The maximum absolute atomic E-state index is 13.0. The zero-order chi connectivity index (χ0) is 22.9. The molecule has 0 saturated carbocycles. The summed E-state index contributed by atoms with van der Waals surface area (Å²) in [5.74, 6) is 0. The van der Waals surface area contributed by atoms with Gasteiger partial charge in [0.1, 0.15) is 17.0 Å². The molecule has 0 spiro atoms. The van der Waals surface area contributed by atoms with Crippen LogP contribution in [0.25, 0.3) is 0 Å². The van der Waals surface area contributed by atoms with E-state index in [0.717, 1.165) is 12.1 Å². The van der Waals surface area contributed by atoms with E-state index in [1.54, 1.807) is 13.1 Å². The molecule has 1 aromatic carbocycles. The van der Waals surface area contributed by atoms with Crippen LogP contribution < -0.4 is 16.3 Å². The van der Waals surface area contributed by atoms with E-state index in [1.807, 2.05) is 0 Å². The molecule has 1 aromatic heterocycles. The van der Waals surface area contributed by atoms with Gasteiger partial charge >= 0.3 is 11.9 Å². The number of alkyl halides is 3. The fraction of sp³-hybridized carbons (Fsp3) is 0.389. The summed E-state index contributed by atoms with van der Waals surface area (Å²) in [6, 6.07) is 3.33. The zero-order valence-corrected chi connectivity index (χ0v) is 18.4. The van der Waals surface area contributed by atoms with Crippen LogP contribution >= 0.6 is 36.0 Å². The van der Waals surface area contributed by atoms with Gasteiger partial charge in [0.05, 0.1) is 16.7 Å². The molecule has 0 amide bonds. The number of nitrogens with one attached hydrogen (secondary N) is 3. The third-order valence-electron chi connectivity index (χ3n) is 4.65. The van der Waals surface area contributed by atoms with Gasteiger partial charge < -0.3 is 20.5 Å². The monoisotopic (exact) mass is 494 g/mol. The molecule has 31 heavy (non-hydrogen) atoms. The number of ether oxygens (including phenoxy) is 1. The molecule has 1 aliphatic rings. The van der Waals surface area contributed by atoms with Crippen molar-refractivity contribution in [1.29, 1.82) is 0 Å². The number of thiocarbonyl (C=S) groups is 1. The number of aryl methyl sites for hydroxylation is 1. The number of benzene rings is 1. The van der Waals surface area contributed by atoms with E-state index in [-0.39, 0.29) is 23.8 Å². The summed E-state index contributed by atoms with van der Waals surface area (Å²) >= 11 is 15.7. The number of halogens is 4. The van der Waals surface area contributed by atoms with Crippen molar-refractivity contribution in [2.75, 3.05) is 11.9 Å². The van der Waals surface area contributed by atoms with Crippen LogP contribution in [-0.2, 0) is 10.9 Å². The van der Waals surface area contributed by atoms with Gasteiger partial charge in [-0.3, -0.25) is 9.55 Å². The molecule has 0 aliphatic carbocycles. The number of aliphatic hydroxyl groups is 1. The maximum atomic E-state index is 13.0. The van der Waals surface area contributed by atoms with E-state index in [1.165, 1.54) is 10.6 Å². The molecule has 1 aliphatic heterocycles. The summed E-state index contributed by atoms with van der Waals surface area (Å²) < 4.78 is 46.3. The van der Waals surface area contributed by atoms with Crippen LogP contribution in [0.3, 0.4) is 0 Å². The molecule has 2 heterocycles.